The molecule has 4 rings (SSSR count). The van der Waals surface area contributed by atoms with Crippen LogP contribution in [-0.4, -0.2) is 44.3 Å². The van der Waals surface area contributed by atoms with Crippen LogP contribution in [0.2, 0.25) is 0 Å². The molecule has 0 bridgehead atoms. The lowest BCUT2D eigenvalue weighted by Gasteiger charge is -2.24. The summed E-state index contributed by atoms with van der Waals surface area (Å²) in [6, 6.07) is 8.05. The number of aryl methyl sites for hydroxylation is 1. The van der Waals surface area contributed by atoms with Gasteiger partial charge < -0.3 is 10.0 Å². The average Bonchev–Trinajstić information content (AvgIpc) is 3.35. The standard InChI is InChI=1S/C22H27N3O3/c1-14-19(10-11-21(26)27)15(2)25(23-14)18-8-6-17(7-9-18)22(28)24-13-12-16-4-3-5-20(16)24/h6-9,16,20H,3-5,10-13H2,1-2H3,(H,26,27)/t16-,20-/m0/s1. The maximum absolute atomic E-state index is 13.0. The second-order valence-corrected chi connectivity index (χ2v) is 8.05. The summed E-state index contributed by atoms with van der Waals surface area (Å²) in [6.45, 7) is 4.74. The van der Waals surface area contributed by atoms with Gasteiger partial charge in [0.2, 0.25) is 0 Å². The number of amides is 1. The lowest BCUT2D eigenvalue weighted by atomic mass is 10.0. The summed E-state index contributed by atoms with van der Waals surface area (Å²) in [4.78, 5) is 25.9. The predicted octanol–water partition coefficient (Wildman–Crippen LogP) is 3.52. The number of aromatic nitrogens is 2. The number of hydrogen-bond donors (Lipinski definition) is 1. The molecule has 1 aromatic heterocycles. The van der Waals surface area contributed by atoms with E-state index in [0.29, 0.717) is 18.4 Å². The van der Waals surface area contributed by atoms with E-state index in [4.69, 9.17) is 5.11 Å². The van der Waals surface area contributed by atoms with Crippen molar-refractivity contribution >= 4 is 11.9 Å². The normalized spacial score (nSPS) is 21.1. The zero-order chi connectivity index (χ0) is 19.8. The Hall–Kier alpha value is -2.63. The van der Waals surface area contributed by atoms with E-state index in [9.17, 15) is 9.59 Å². The largest absolute Gasteiger partial charge is 0.481 e. The molecule has 0 unspecified atom stereocenters. The lowest BCUT2D eigenvalue weighted by Crippen LogP contribution is -2.35. The molecule has 2 aromatic rings. The van der Waals surface area contributed by atoms with Gasteiger partial charge in [-0.2, -0.15) is 5.10 Å². The highest BCUT2D eigenvalue weighted by molar-refractivity contribution is 5.94. The summed E-state index contributed by atoms with van der Waals surface area (Å²) in [7, 11) is 0. The third-order valence-electron chi connectivity index (χ3n) is 6.41. The molecule has 28 heavy (non-hydrogen) atoms. The quantitative estimate of drug-likeness (QED) is 0.860. The van der Waals surface area contributed by atoms with Crippen LogP contribution in [0.25, 0.3) is 5.69 Å². The molecule has 1 aromatic carbocycles. The van der Waals surface area contributed by atoms with E-state index in [2.05, 4.69) is 10.00 Å². The monoisotopic (exact) mass is 381 g/mol. The van der Waals surface area contributed by atoms with Crippen molar-refractivity contribution in [2.75, 3.05) is 6.54 Å². The van der Waals surface area contributed by atoms with Gasteiger partial charge in [-0.1, -0.05) is 6.42 Å². The fraction of sp³-hybridized carbons (Fsp3) is 0.500. The van der Waals surface area contributed by atoms with Crippen molar-refractivity contribution in [1.29, 1.82) is 0 Å². The first-order valence-corrected chi connectivity index (χ1v) is 10.1. The van der Waals surface area contributed by atoms with Gasteiger partial charge in [0, 0.05) is 30.3 Å². The predicted molar refractivity (Wildman–Crippen MR) is 106 cm³/mol. The van der Waals surface area contributed by atoms with Crippen LogP contribution in [0.15, 0.2) is 24.3 Å². The van der Waals surface area contributed by atoms with Crippen LogP contribution in [0.5, 0.6) is 0 Å². The van der Waals surface area contributed by atoms with Gasteiger partial charge in [-0.15, -0.1) is 0 Å². The molecule has 1 saturated carbocycles. The molecule has 0 spiro atoms. The average molecular weight is 381 g/mol. The third kappa shape index (κ3) is 3.32. The summed E-state index contributed by atoms with van der Waals surface area (Å²) in [6.07, 6.45) is 5.34. The van der Waals surface area contributed by atoms with Gasteiger partial charge in [-0.25, -0.2) is 4.68 Å². The summed E-state index contributed by atoms with van der Waals surface area (Å²) in [5, 5.41) is 13.5. The third-order valence-corrected chi connectivity index (χ3v) is 6.41. The van der Waals surface area contributed by atoms with E-state index in [0.717, 1.165) is 47.6 Å². The zero-order valence-corrected chi connectivity index (χ0v) is 16.5. The van der Waals surface area contributed by atoms with Crippen molar-refractivity contribution in [1.82, 2.24) is 14.7 Å². The number of carbonyl (C=O) groups excluding carboxylic acids is 1. The number of nitrogens with zero attached hydrogens (tertiary/aromatic N) is 3. The first-order valence-electron chi connectivity index (χ1n) is 10.1. The van der Waals surface area contributed by atoms with E-state index in [1.807, 2.05) is 42.8 Å². The van der Waals surface area contributed by atoms with Crippen LogP contribution >= 0.6 is 0 Å². The Morgan fingerprint density at radius 1 is 1.14 bits per heavy atom. The Kier molecular flexibility index (Phi) is 4.96. The van der Waals surface area contributed by atoms with Gasteiger partial charge in [-0.05, 0) is 75.3 Å². The van der Waals surface area contributed by atoms with Crippen molar-refractivity contribution in [3.63, 3.8) is 0 Å². The minimum atomic E-state index is -0.805. The van der Waals surface area contributed by atoms with E-state index >= 15 is 0 Å². The Labute approximate surface area is 165 Å². The van der Waals surface area contributed by atoms with Crippen molar-refractivity contribution in [2.24, 2.45) is 5.92 Å². The zero-order valence-electron chi connectivity index (χ0n) is 16.5. The molecule has 1 amide bonds. The van der Waals surface area contributed by atoms with Crippen molar-refractivity contribution < 1.29 is 14.7 Å². The van der Waals surface area contributed by atoms with Crippen LogP contribution in [0.1, 0.15) is 59.4 Å². The molecule has 2 aliphatic rings. The Morgan fingerprint density at radius 3 is 2.61 bits per heavy atom. The van der Waals surface area contributed by atoms with Crippen molar-refractivity contribution in [3.8, 4) is 5.69 Å². The molecule has 2 atom stereocenters. The summed E-state index contributed by atoms with van der Waals surface area (Å²) < 4.78 is 1.84. The van der Waals surface area contributed by atoms with Crippen molar-refractivity contribution in [2.45, 2.75) is 58.4 Å². The number of carboxylic acid groups (broad SMARTS) is 1. The van der Waals surface area contributed by atoms with Gasteiger partial charge in [0.05, 0.1) is 11.4 Å². The number of benzene rings is 1. The highest BCUT2D eigenvalue weighted by Crippen LogP contribution is 2.38. The van der Waals surface area contributed by atoms with E-state index in [-0.39, 0.29) is 12.3 Å². The second kappa shape index (κ2) is 7.41. The van der Waals surface area contributed by atoms with Crippen LogP contribution in [0, 0.1) is 19.8 Å². The van der Waals surface area contributed by atoms with Gasteiger partial charge in [0.1, 0.15) is 0 Å². The molecule has 148 valence electrons. The minimum absolute atomic E-state index is 0.0960. The molecule has 6 heteroatoms. The van der Waals surface area contributed by atoms with Gasteiger partial charge in [0.15, 0.2) is 0 Å². The van der Waals surface area contributed by atoms with Crippen LogP contribution in [0.4, 0.5) is 0 Å². The number of aliphatic carboxylic acids is 1. The number of likely N-dealkylation sites (tertiary alicyclic amines) is 1. The van der Waals surface area contributed by atoms with Crippen LogP contribution < -0.4 is 0 Å². The summed E-state index contributed by atoms with van der Waals surface area (Å²) in [5.74, 6) is 0.0273. The molecule has 6 nitrogen and oxygen atoms in total. The second-order valence-electron chi connectivity index (χ2n) is 8.05. The summed E-state index contributed by atoms with van der Waals surface area (Å²) in [5.41, 5.74) is 4.39. The van der Waals surface area contributed by atoms with Crippen LogP contribution in [0.3, 0.4) is 0 Å². The van der Waals surface area contributed by atoms with Gasteiger partial charge in [-0.3, -0.25) is 9.59 Å². The Balaban J connectivity index is 1.53. The molecule has 1 aliphatic carbocycles. The number of carbonyl (C=O) groups is 2. The highest BCUT2D eigenvalue weighted by Gasteiger charge is 2.39. The maximum atomic E-state index is 13.0. The number of hydrogen-bond acceptors (Lipinski definition) is 3. The number of carboxylic acids is 1. The minimum Gasteiger partial charge on any atom is -0.481 e. The molecule has 1 saturated heterocycles. The summed E-state index contributed by atoms with van der Waals surface area (Å²) >= 11 is 0. The van der Waals surface area contributed by atoms with Gasteiger partial charge in [0.25, 0.3) is 5.91 Å². The van der Waals surface area contributed by atoms with Gasteiger partial charge >= 0.3 is 5.97 Å². The molecule has 0 radical (unpaired) electrons. The smallest absolute Gasteiger partial charge is 0.303 e. The molecule has 2 fully saturated rings. The van der Waals surface area contributed by atoms with Crippen molar-refractivity contribution in [3.05, 3.63) is 46.8 Å². The first-order chi connectivity index (χ1) is 13.5. The maximum Gasteiger partial charge on any atom is 0.303 e. The van der Waals surface area contributed by atoms with E-state index in [1.54, 1.807) is 0 Å². The molecule has 1 aliphatic heterocycles. The number of fused-ring (bicyclic) bond motifs is 1. The topological polar surface area (TPSA) is 75.4 Å². The fourth-order valence-corrected chi connectivity index (χ4v) is 4.92. The van der Waals surface area contributed by atoms with E-state index in [1.165, 1.54) is 12.8 Å². The Morgan fingerprint density at radius 2 is 1.89 bits per heavy atom. The SMILES string of the molecule is Cc1nn(-c2ccc(C(=O)N3CC[C@@H]4CCC[C@@H]43)cc2)c(C)c1CCC(=O)O. The molecule has 1 N–H and O–H groups in total. The highest BCUT2D eigenvalue weighted by atomic mass is 16.4. The lowest BCUT2D eigenvalue weighted by molar-refractivity contribution is -0.136. The van der Waals surface area contributed by atoms with E-state index < -0.39 is 5.97 Å². The molecular weight excluding hydrogens is 354 g/mol. The Bertz CT molecular complexity index is 900. The fourth-order valence-electron chi connectivity index (χ4n) is 4.92. The van der Waals surface area contributed by atoms with Crippen LogP contribution in [-0.2, 0) is 11.2 Å². The molecular formula is C22H27N3O3. The first kappa shape index (κ1) is 18.7. The number of rotatable bonds is 5. The molecule has 2 heterocycles.